The first-order valence-electron chi connectivity index (χ1n) is 15.3. The minimum Gasteiger partial charge on any atom is -0.105 e. The van der Waals surface area contributed by atoms with Gasteiger partial charge in [0.15, 0.2) is 0 Å². The van der Waals surface area contributed by atoms with Gasteiger partial charge in [0.25, 0.3) is 0 Å². The monoisotopic (exact) mass is 626 g/mol. The lowest BCUT2D eigenvalue weighted by molar-refractivity contribution is 1.55. The normalized spacial score (nSPS) is 11.0. The van der Waals surface area contributed by atoms with Gasteiger partial charge in [-0.25, -0.2) is 0 Å². The molecule has 0 unspecified atom stereocenters. The van der Waals surface area contributed by atoms with E-state index in [9.17, 15) is 0 Å². The fourth-order valence-corrected chi connectivity index (χ4v) is 6.55. The first kappa shape index (κ1) is 31.0. The Labute approximate surface area is 281 Å². The van der Waals surface area contributed by atoms with Gasteiger partial charge in [0.2, 0.25) is 0 Å². The van der Waals surface area contributed by atoms with Crippen LogP contribution in [0, 0.1) is 0 Å². The van der Waals surface area contributed by atoms with Gasteiger partial charge in [-0.2, -0.15) is 0 Å². The summed E-state index contributed by atoms with van der Waals surface area (Å²) in [6.07, 6.45) is 4.33. The Kier molecular flexibility index (Phi) is 11.0. The van der Waals surface area contributed by atoms with Crippen LogP contribution in [0.2, 0.25) is 0 Å². The lowest BCUT2D eigenvalue weighted by Gasteiger charge is -2.07. The Hall–Kier alpha value is -5.02. The van der Waals surface area contributed by atoms with Gasteiger partial charge in [0.1, 0.15) is 0 Å². The summed E-state index contributed by atoms with van der Waals surface area (Å²) >= 11 is 3.40. The average molecular weight is 627 g/mol. The summed E-state index contributed by atoms with van der Waals surface area (Å²) in [5, 5.41) is 8.76. The second-order valence-corrected chi connectivity index (χ2v) is 12.2. The highest BCUT2D eigenvalue weighted by Crippen LogP contribution is 2.29. The van der Waals surface area contributed by atoms with Gasteiger partial charge in [-0.1, -0.05) is 170 Å². The fraction of sp³-hybridized carbons (Fsp3) is 0. The van der Waals surface area contributed by atoms with Crippen LogP contribution in [0.15, 0.2) is 191 Å². The number of benzene rings is 6. The van der Waals surface area contributed by atoms with E-state index in [1.54, 1.807) is 23.5 Å². The number of hydrogen-bond acceptors (Lipinski definition) is 2. The van der Waals surface area contributed by atoms with E-state index in [-0.39, 0.29) is 0 Å². The van der Waals surface area contributed by atoms with E-state index in [1.807, 2.05) is 0 Å². The minimum absolute atomic E-state index is 1.18. The highest BCUT2D eigenvalue weighted by molar-refractivity contribution is 8.05. The maximum absolute atomic E-state index is 2.23. The van der Waals surface area contributed by atoms with Crippen molar-refractivity contribution in [1.29, 1.82) is 0 Å². The van der Waals surface area contributed by atoms with Crippen molar-refractivity contribution in [3.63, 3.8) is 0 Å². The fourth-order valence-electron chi connectivity index (χ4n) is 5.10. The highest BCUT2D eigenvalue weighted by Gasteiger charge is 2.05. The van der Waals surface area contributed by atoms with Crippen LogP contribution in [0.1, 0.15) is 33.4 Å². The lowest BCUT2D eigenvalue weighted by Crippen LogP contribution is -1.86. The van der Waals surface area contributed by atoms with Gasteiger partial charge in [0, 0.05) is 0 Å². The average Bonchev–Trinajstić information content (AvgIpc) is 3.14. The van der Waals surface area contributed by atoms with E-state index in [4.69, 9.17) is 0 Å². The SMILES string of the molecule is C(S/C=C/c1ccc(-c2ccc(/C=C/SC=C(c3ccccc3)c3ccccc3)cc2)cc1)=C(c1ccccc1)c1ccccc1. The van der Waals surface area contributed by atoms with Crippen LogP contribution in [-0.2, 0) is 0 Å². The predicted octanol–water partition coefficient (Wildman–Crippen LogP) is 12.9. The Morgan fingerprint density at radius 1 is 0.326 bits per heavy atom. The van der Waals surface area contributed by atoms with Crippen LogP contribution < -0.4 is 0 Å². The molecule has 6 rings (SSSR count). The molecule has 0 amide bonds. The van der Waals surface area contributed by atoms with Crippen molar-refractivity contribution in [3.05, 3.63) is 225 Å². The van der Waals surface area contributed by atoms with Gasteiger partial charge in [0.05, 0.1) is 0 Å². The zero-order chi connectivity index (χ0) is 31.2. The molecule has 0 radical (unpaired) electrons. The number of thioether (sulfide) groups is 2. The molecule has 0 N–H and O–H groups in total. The van der Waals surface area contributed by atoms with Crippen LogP contribution >= 0.6 is 23.5 Å². The maximum atomic E-state index is 2.23. The summed E-state index contributed by atoms with van der Waals surface area (Å²) in [5.41, 5.74) is 12.1. The lowest BCUT2D eigenvalue weighted by atomic mass is 10.00. The Morgan fingerprint density at radius 2 is 0.609 bits per heavy atom. The smallest absolute Gasteiger partial charge is 0.00450 e. The molecule has 2 heteroatoms. The molecule has 0 aliphatic heterocycles. The zero-order valence-corrected chi connectivity index (χ0v) is 27.1. The Bertz CT molecular complexity index is 1690. The topological polar surface area (TPSA) is 0 Å². The minimum atomic E-state index is 1.18. The molecule has 222 valence electrons. The third kappa shape index (κ3) is 8.57. The van der Waals surface area contributed by atoms with E-state index in [0.29, 0.717) is 0 Å². The van der Waals surface area contributed by atoms with Crippen molar-refractivity contribution in [1.82, 2.24) is 0 Å². The van der Waals surface area contributed by atoms with Gasteiger partial charge >= 0.3 is 0 Å². The molecule has 6 aromatic rings. The zero-order valence-electron chi connectivity index (χ0n) is 25.4. The molecule has 0 aliphatic carbocycles. The van der Waals surface area contributed by atoms with E-state index < -0.39 is 0 Å². The molecular formula is C44H34S2. The van der Waals surface area contributed by atoms with E-state index in [2.05, 4.69) is 204 Å². The summed E-state index contributed by atoms with van der Waals surface area (Å²) in [6, 6.07) is 59.7. The van der Waals surface area contributed by atoms with Gasteiger partial charge in [-0.3, -0.25) is 0 Å². The molecule has 0 spiro atoms. The third-order valence-corrected chi connectivity index (χ3v) is 8.87. The van der Waals surface area contributed by atoms with Crippen molar-refractivity contribution in [2.75, 3.05) is 0 Å². The summed E-state index contributed by atoms with van der Waals surface area (Å²) in [6.45, 7) is 0. The van der Waals surface area contributed by atoms with Gasteiger partial charge in [-0.15, -0.1) is 23.5 Å². The standard InChI is InChI=1S/C44H34S2/c1-5-13-39(14-6-1)43(40-15-7-2-8-16-40)33-45-31-29-35-21-25-37(26-22-35)38-27-23-36(24-28-38)30-32-46-34-44(41-17-9-3-10-18-41)42-19-11-4-12-20-42/h1-34H/b31-29+,32-30+. The molecule has 0 heterocycles. The first-order valence-corrected chi connectivity index (χ1v) is 17.2. The largest absolute Gasteiger partial charge is 0.105 e. The van der Waals surface area contributed by atoms with E-state index >= 15 is 0 Å². The molecule has 6 aromatic carbocycles. The van der Waals surface area contributed by atoms with Crippen LogP contribution in [0.3, 0.4) is 0 Å². The second kappa shape index (κ2) is 16.3. The van der Waals surface area contributed by atoms with Crippen molar-refractivity contribution < 1.29 is 0 Å². The maximum Gasteiger partial charge on any atom is -0.00450 e. The molecule has 0 nitrogen and oxygen atoms in total. The molecule has 46 heavy (non-hydrogen) atoms. The predicted molar refractivity (Wildman–Crippen MR) is 205 cm³/mol. The molecular weight excluding hydrogens is 593 g/mol. The van der Waals surface area contributed by atoms with Crippen molar-refractivity contribution >= 4 is 46.8 Å². The summed E-state index contributed by atoms with van der Waals surface area (Å²) in [4.78, 5) is 0. The van der Waals surface area contributed by atoms with E-state index in [1.165, 1.54) is 55.7 Å². The van der Waals surface area contributed by atoms with Crippen LogP contribution in [0.25, 0.3) is 34.4 Å². The molecule has 0 fully saturated rings. The Balaban J connectivity index is 1.07. The third-order valence-electron chi connectivity index (χ3n) is 7.54. The van der Waals surface area contributed by atoms with Crippen LogP contribution in [0.4, 0.5) is 0 Å². The van der Waals surface area contributed by atoms with Crippen molar-refractivity contribution in [2.24, 2.45) is 0 Å². The Morgan fingerprint density at radius 3 is 0.891 bits per heavy atom. The van der Waals surface area contributed by atoms with Gasteiger partial charge < -0.3 is 0 Å². The number of hydrogen-bond donors (Lipinski definition) is 0. The molecule has 0 aliphatic rings. The quantitative estimate of drug-likeness (QED) is 0.140. The van der Waals surface area contributed by atoms with Crippen molar-refractivity contribution in [3.8, 4) is 11.1 Å². The molecule has 0 atom stereocenters. The molecule has 0 saturated carbocycles. The number of rotatable bonds is 11. The first-order chi connectivity index (χ1) is 22.8. The van der Waals surface area contributed by atoms with Crippen molar-refractivity contribution in [2.45, 2.75) is 0 Å². The highest BCUT2D eigenvalue weighted by atomic mass is 32.2. The summed E-state index contributed by atoms with van der Waals surface area (Å²) < 4.78 is 0. The molecule has 0 saturated heterocycles. The van der Waals surface area contributed by atoms with Crippen LogP contribution in [-0.4, -0.2) is 0 Å². The van der Waals surface area contributed by atoms with Crippen LogP contribution in [0.5, 0.6) is 0 Å². The second-order valence-electron chi connectivity index (χ2n) is 10.6. The summed E-state index contributed by atoms with van der Waals surface area (Å²) in [7, 11) is 0. The molecule has 0 aromatic heterocycles. The molecule has 0 bridgehead atoms. The van der Waals surface area contributed by atoms with Gasteiger partial charge in [-0.05, 0) is 89.4 Å². The van der Waals surface area contributed by atoms with E-state index in [0.717, 1.165) is 0 Å². The summed E-state index contributed by atoms with van der Waals surface area (Å²) in [5.74, 6) is 0.